The minimum atomic E-state index is 0. The molecule has 0 aromatic heterocycles. The van der Waals surface area contributed by atoms with Crippen LogP contribution < -0.4 is 88.7 Å². The van der Waals surface area contributed by atoms with Crippen molar-refractivity contribution in [3.8, 4) is 0 Å². The van der Waals surface area contributed by atoms with Crippen LogP contribution in [0.4, 0.5) is 0 Å². The van der Waals surface area contributed by atoms with Crippen molar-refractivity contribution in [3.63, 3.8) is 0 Å². The van der Waals surface area contributed by atoms with E-state index in [2.05, 4.69) is 0 Å². The molecule has 0 radical (unpaired) electrons. The van der Waals surface area contributed by atoms with Gasteiger partial charge in [0.2, 0.25) is 0 Å². The Bertz CT molecular complexity index is 3.25. The maximum absolute atomic E-state index is 0. The normalized spacial score (nSPS) is 0. The van der Waals surface area contributed by atoms with Crippen molar-refractivity contribution in [1.29, 1.82) is 0 Å². The van der Waals surface area contributed by atoms with Gasteiger partial charge in [-0.05, 0) is 0 Å². The van der Waals surface area contributed by atoms with Gasteiger partial charge in [0.05, 0.1) is 0 Å². The summed E-state index contributed by atoms with van der Waals surface area (Å²) in [6, 6.07) is 0. The van der Waals surface area contributed by atoms with E-state index in [9.17, 15) is 0 Å². The smallest absolute Gasteiger partial charge is 1.00 e. The van der Waals surface area contributed by atoms with Crippen LogP contribution in [0.15, 0.2) is 0 Å². The molecule has 0 bridgehead atoms. The van der Waals surface area contributed by atoms with E-state index in [0.29, 0.717) is 0 Å². The molecule has 0 unspecified atom stereocenters. The summed E-state index contributed by atoms with van der Waals surface area (Å²) in [6.07, 6.45) is 0. The molecule has 0 fully saturated rings. The molecule has 0 saturated carbocycles. The quantitative estimate of drug-likeness (QED) is 0.284. The van der Waals surface area contributed by atoms with Crippen LogP contribution in [0.5, 0.6) is 0 Å². The predicted molar refractivity (Wildman–Crippen MR) is 0 cm³/mol. The summed E-state index contributed by atoms with van der Waals surface area (Å²) < 4.78 is 0. The van der Waals surface area contributed by atoms with E-state index in [1.807, 2.05) is 0 Å². The third-order valence-electron chi connectivity index (χ3n) is 0. The van der Waals surface area contributed by atoms with E-state index in [1.54, 1.807) is 0 Å². The summed E-state index contributed by atoms with van der Waals surface area (Å²) in [4.78, 5) is 0. The summed E-state index contributed by atoms with van der Waals surface area (Å²) in [5, 5.41) is 0. The van der Waals surface area contributed by atoms with Crippen molar-refractivity contribution in [2.45, 2.75) is 0 Å². The maximum atomic E-state index is 0. The molecule has 4 heteroatoms. The van der Waals surface area contributed by atoms with E-state index >= 15 is 0 Å². The van der Waals surface area contributed by atoms with Crippen LogP contribution in [0.1, 0.15) is 0 Å². The Hall–Kier alpha value is 3.51. The number of hydrogen-bond acceptors (Lipinski definition) is 0. The molecule has 0 amide bonds. The molecule has 0 N–H and O–H groups in total. The SMILES string of the molecule is [Co+3].[Na+].[Na+].[Na+]. The van der Waals surface area contributed by atoms with E-state index in [1.165, 1.54) is 0 Å². The Morgan fingerprint density at radius 2 is 0.500 bits per heavy atom. The van der Waals surface area contributed by atoms with Gasteiger partial charge in [0.25, 0.3) is 0 Å². The summed E-state index contributed by atoms with van der Waals surface area (Å²) in [5.74, 6) is 0. The zero-order chi connectivity index (χ0) is 0. The first-order valence-electron chi connectivity index (χ1n) is 0. The van der Waals surface area contributed by atoms with Gasteiger partial charge in [0.1, 0.15) is 0 Å². The van der Waals surface area contributed by atoms with Gasteiger partial charge in [0.15, 0.2) is 0 Å². The summed E-state index contributed by atoms with van der Waals surface area (Å²) in [7, 11) is 0. The molecule has 0 heterocycles. The maximum Gasteiger partial charge on any atom is 3.00 e. The van der Waals surface area contributed by atoms with E-state index < -0.39 is 0 Å². The minimum Gasteiger partial charge on any atom is 1.00 e. The Morgan fingerprint density at radius 3 is 0.500 bits per heavy atom. The molecule has 0 nitrogen and oxygen atoms in total. The first kappa shape index (κ1) is 25.8. The standard InChI is InChI=1S/Co.3Na/q+3;3*+1. The molecule has 4 heavy (non-hydrogen) atoms. The van der Waals surface area contributed by atoms with Crippen molar-refractivity contribution in [3.05, 3.63) is 0 Å². The Kier molecular flexibility index (Phi) is 104. The predicted octanol–water partition coefficient (Wildman–Crippen LogP) is -8.99. The van der Waals surface area contributed by atoms with Crippen LogP contribution in [0.3, 0.4) is 0 Å². The van der Waals surface area contributed by atoms with Crippen molar-refractivity contribution < 1.29 is 105 Å². The largest absolute Gasteiger partial charge is 3.00 e. The summed E-state index contributed by atoms with van der Waals surface area (Å²) in [6.45, 7) is 0. The van der Waals surface area contributed by atoms with Crippen LogP contribution >= 0.6 is 0 Å². The topological polar surface area (TPSA) is 0 Å². The molecule has 0 atom stereocenters. The summed E-state index contributed by atoms with van der Waals surface area (Å²) in [5.41, 5.74) is 0. The van der Waals surface area contributed by atoms with Crippen molar-refractivity contribution in [2.75, 3.05) is 0 Å². The molecule has 6 valence electrons. The molecule has 0 aromatic rings. The first-order chi connectivity index (χ1) is 0. The van der Waals surface area contributed by atoms with Gasteiger partial charge in [-0.1, -0.05) is 0 Å². The van der Waals surface area contributed by atoms with Gasteiger partial charge < -0.3 is 0 Å². The minimum absolute atomic E-state index is 0. The molecular weight excluding hydrogens is 128 g/mol. The molecular formula is CoNa3+6. The molecule has 0 saturated heterocycles. The van der Waals surface area contributed by atoms with Crippen LogP contribution in [0, 0.1) is 0 Å². The average Bonchev–Trinajstić information content (AvgIpc) is 0. The third-order valence-corrected chi connectivity index (χ3v) is 0. The molecule has 0 aliphatic rings. The molecule has 0 spiro atoms. The average molecular weight is 128 g/mol. The molecule has 0 aliphatic heterocycles. The fourth-order valence-corrected chi connectivity index (χ4v) is 0. The number of rotatable bonds is 0. The molecule has 0 rings (SSSR count). The van der Waals surface area contributed by atoms with Crippen LogP contribution in [-0.2, 0) is 16.8 Å². The van der Waals surface area contributed by atoms with Gasteiger partial charge in [-0.2, -0.15) is 0 Å². The van der Waals surface area contributed by atoms with E-state index in [4.69, 9.17) is 0 Å². The van der Waals surface area contributed by atoms with Gasteiger partial charge in [-0.15, -0.1) is 0 Å². The second-order valence-corrected chi connectivity index (χ2v) is 0. The van der Waals surface area contributed by atoms with Crippen molar-refractivity contribution in [2.24, 2.45) is 0 Å². The fraction of sp³-hybridized carbons (Fsp3) is 0. The monoisotopic (exact) mass is 128 g/mol. The Balaban J connectivity index is 0. The van der Waals surface area contributed by atoms with E-state index in [-0.39, 0.29) is 105 Å². The number of hydrogen-bond donors (Lipinski definition) is 0. The van der Waals surface area contributed by atoms with E-state index in [0.717, 1.165) is 0 Å². The fourth-order valence-electron chi connectivity index (χ4n) is 0. The van der Waals surface area contributed by atoms with Gasteiger partial charge in [0, 0.05) is 0 Å². The van der Waals surface area contributed by atoms with Gasteiger partial charge in [-0.25, -0.2) is 0 Å². The third kappa shape index (κ3) is 9.10. The van der Waals surface area contributed by atoms with Crippen LogP contribution in [0.2, 0.25) is 0 Å². The summed E-state index contributed by atoms with van der Waals surface area (Å²) >= 11 is 0. The Labute approximate surface area is 103 Å². The second kappa shape index (κ2) is 16.0. The zero-order valence-corrected chi connectivity index (χ0v) is 10.4. The first-order valence-corrected chi connectivity index (χ1v) is 0. The molecule has 0 aliphatic carbocycles. The zero-order valence-electron chi connectivity index (χ0n) is 3.33. The van der Waals surface area contributed by atoms with Gasteiger partial charge in [-0.3, -0.25) is 0 Å². The van der Waals surface area contributed by atoms with Crippen LogP contribution in [0.25, 0.3) is 0 Å². The van der Waals surface area contributed by atoms with Gasteiger partial charge >= 0.3 is 105 Å². The molecule has 0 aromatic carbocycles. The van der Waals surface area contributed by atoms with Crippen LogP contribution in [-0.4, -0.2) is 0 Å². The van der Waals surface area contributed by atoms with Crippen molar-refractivity contribution >= 4 is 0 Å². The van der Waals surface area contributed by atoms with Crippen molar-refractivity contribution in [1.82, 2.24) is 0 Å². The Morgan fingerprint density at radius 1 is 0.500 bits per heavy atom. The second-order valence-electron chi connectivity index (χ2n) is 0.